The van der Waals surface area contributed by atoms with Gasteiger partial charge in [-0.05, 0) is 31.4 Å². The molecular weight excluding hydrogens is 287 g/mol. The second-order valence-corrected chi connectivity index (χ2v) is 4.89. The van der Waals surface area contributed by atoms with Crippen molar-refractivity contribution >= 4 is 11.8 Å². The molecule has 0 aromatic carbocycles. The van der Waals surface area contributed by atoms with Gasteiger partial charge in [0.1, 0.15) is 17.6 Å². The summed E-state index contributed by atoms with van der Waals surface area (Å²) < 4.78 is 37.9. The normalized spacial score (nSPS) is 21.8. The van der Waals surface area contributed by atoms with Crippen LogP contribution in [0.3, 0.4) is 0 Å². The van der Waals surface area contributed by atoms with Gasteiger partial charge in [-0.15, -0.1) is 0 Å². The monoisotopic (exact) mass is 299 g/mol. The summed E-state index contributed by atoms with van der Waals surface area (Å²) in [7, 11) is 0. The smallest absolute Gasteiger partial charge is 0.433 e. The molecule has 0 saturated heterocycles. The van der Waals surface area contributed by atoms with E-state index in [4.69, 9.17) is 10.4 Å². The molecule has 1 aromatic heterocycles. The third-order valence-electron chi connectivity index (χ3n) is 3.43. The second kappa shape index (κ2) is 5.60. The molecule has 2 rings (SSSR count). The van der Waals surface area contributed by atoms with Crippen LogP contribution in [0, 0.1) is 17.2 Å². The van der Waals surface area contributed by atoms with Crippen molar-refractivity contribution in [2.45, 2.75) is 31.5 Å². The summed E-state index contributed by atoms with van der Waals surface area (Å²) in [6, 6.07) is 3.28. The van der Waals surface area contributed by atoms with Crippen LogP contribution in [-0.4, -0.2) is 22.1 Å². The summed E-state index contributed by atoms with van der Waals surface area (Å²) in [5.74, 6) is -1.58. The van der Waals surface area contributed by atoms with Gasteiger partial charge in [-0.3, -0.25) is 4.79 Å². The van der Waals surface area contributed by atoms with Gasteiger partial charge in [-0.1, -0.05) is 0 Å². The third kappa shape index (κ3) is 3.42. The number of carbonyl (C=O) groups is 1. The van der Waals surface area contributed by atoms with Gasteiger partial charge in [-0.25, -0.2) is 4.98 Å². The van der Waals surface area contributed by atoms with Gasteiger partial charge in [0, 0.05) is 6.04 Å². The minimum atomic E-state index is -4.59. The maximum Gasteiger partial charge on any atom is 0.433 e. The topological polar surface area (TPSA) is 86.0 Å². The van der Waals surface area contributed by atoms with Crippen LogP contribution in [-0.2, 0) is 11.0 Å². The first kappa shape index (κ1) is 15.1. The van der Waals surface area contributed by atoms with E-state index in [2.05, 4.69) is 10.3 Å². The van der Waals surface area contributed by atoms with Crippen LogP contribution in [0.4, 0.5) is 19.0 Å². The molecule has 5 nitrogen and oxygen atoms in total. The minimum absolute atomic E-state index is 0.00164. The number of rotatable bonds is 3. The lowest BCUT2D eigenvalue weighted by atomic mass is 10.1. The Morgan fingerprint density at radius 2 is 2.14 bits per heavy atom. The standard InChI is InChI=1S/C13H12F3N3O2/c14-13(15,16)10-4-2-8(6-17)11(19-10)18-9-3-1-7(5-9)12(20)21/h2,4,7,9H,1,3,5H2,(H,18,19)(H,20,21). The first-order chi connectivity index (χ1) is 9.81. The fraction of sp³-hybridized carbons (Fsp3) is 0.462. The molecule has 0 radical (unpaired) electrons. The molecule has 2 atom stereocenters. The van der Waals surface area contributed by atoms with E-state index in [-0.39, 0.29) is 17.4 Å². The van der Waals surface area contributed by atoms with E-state index in [1.807, 2.05) is 0 Å². The molecular formula is C13H12F3N3O2. The largest absolute Gasteiger partial charge is 0.481 e. The maximum atomic E-state index is 12.6. The van der Waals surface area contributed by atoms with Gasteiger partial charge in [0.2, 0.25) is 0 Å². The zero-order valence-electron chi connectivity index (χ0n) is 10.8. The molecule has 21 heavy (non-hydrogen) atoms. The lowest BCUT2D eigenvalue weighted by Crippen LogP contribution is -2.20. The summed E-state index contributed by atoms with van der Waals surface area (Å²) in [6.07, 6.45) is -3.32. The Bertz CT molecular complexity index is 595. The van der Waals surface area contributed by atoms with Gasteiger partial charge in [0.05, 0.1) is 11.5 Å². The number of nitrogens with zero attached hydrogens (tertiary/aromatic N) is 2. The molecule has 112 valence electrons. The van der Waals surface area contributed by atoms with Crippen molar-refractivity contribution in [2.75, 3.05) is 5.32 Å². The number of alkyl halides is 3. The molecule has 1 aliphatic carbocycles. The van der Waals surface area contributed by atoms with Crippen molar-refractivity contribution in [3.63, 3.8) is 0 Å². The van der Waals surface area contributed by atoms with E-state index in [1.165, 1.54) is 0 Å². The fourth-order valence-electron chi connectivity index (χ4n) is 2.35. The number of aromatic nitrogens is 1. The molecule has 0 aliphatic heterocycles. The van der Waals surface area contributed by atoms with Crippen LogP contribution in [0.1, 0.15) is 30.5 Å². The molecule has 2 unspecified atom stereocenters. The lowest BCUT2D eigenvalue weighted by Gasteiger charge is -2.15. The van der Waals surface area contributed by atoms with Crippen molar-refractivity contribution < 1.29 is 23.1 Å². The fourth-order valence-corrected chi connectivity index (χ4v) is 2.35. The van der Waals surface area contributed by atoms with Crippen molar-refractivity contribution in [1.29, 1.82) is 5.26 Å². The highest BCUT2D eigenvalue weighted by molar-refractivity contribution is 5.70. The Labute approximate surface area is 118 Å². The third-order valence-corrected chi connectivity index (χ3v) is 3.43. The van der Waals surface area contributed by atoms with Gasteiger partial charge < -0.3 is 10.4 Å². The molecule has 0 bridgehead atoms. The van der Waals surface area contributed by atoms with Crippen LogP contribution < -0.4 is 5.32 Å². The number of anilines is 1. The molecule has 1 saturated carbocycles. The van der Waals surface area contributed by atoms with E-state index < -0.39 is 23.8 Å². The Kier molecular flexibility index (Phi) is 4.02. The highest BCUT2D eigenvalue weighted by Crippen LogP contribution is 2.32. The van der Waals surface area contributed by atoms with Crippen molar-refractivity contribution in [2.24, 2.45) is 5.92 Å². The van der Waals surface area contributed by atoms with Crippen molar-refractivity contribution in [3.8, 4) is 6.07 Å². The predicted octanol–water partition coefficient (Wildman–Crippen LogP) is 2.64. The SMILES string of the molecule is N#Cc1ccc(C(F)(F)F)nc1NC1CCC(C(=O)O)C1. The Balaban J connectivity index is 2.19. The molecule has 2 N–H and O–H groups in total. The number of carboxylic acid groups (broad SMARTS) is 1. The van der Waals surface area contributed by atoms with Crippen LogP contribution >= 0.6 is 0 Å². The molecule has 1 heterocycles. The molecule has 0 amide bonds. The molecule has 1 aromatic rings. The second-order valence-electron chi connectivity index (χ2n) is 4.89. The lowest BCUT2D eigenvalue weighted by molar-refractivity contribution is -0.142. The zero-order chi connectivity index (χ0) is 15.6. The van der Waals surface area contributed by atoms with Gasteiger partial charge >= 0.3 is 12.1 Å². The number of nitrogens with one attached hydrogen (secondary N) is 1. The first-order valence-electron chi connectivity index (χ1n) is 6.29. The summed E-state index contributed by atoms with van der Waals surface area (Å²) in [5, 5.41) is 20.6. The number of carboxylic acids is 1. The van der Waals surface area contributed by atoms with Crippen molar-refractivity contribution in [3.05, 3.63) is 23.4 Å². The Hall–Kier alpha value is -2.30. The minimum Gasteiger partial charge on any atom is -0.481 e. The molecule has 1 fully saturated rings. The first-order valence-corrected chi connectivity index (χ1v) is 6.29. The van der Waals surface area contributed by atoms with E-state index in [0.717, 1.165) is 12.1 Å². The summed E-state index contributed by atoms with van der Waals surface area (Å²) in [5.41, 5.74) is -1.08. The van der Waals surface area contributed by atoms with E-state index >= 15 is 0 Å². The zero-order valence-corrected chi connectivity index (χ0v) is 10.8. The number of hydrogen-bond donors (Lipinski definition) is 2. The van der Waals surface area contributed by atoms with Crippen LogP contribution in [0.2, 0.25) is 0 Å². The number of halogens is 3. The highest BCUT2D eigenvalue weighted by Gasteiger charge is 2.34. The number of aliphatic carboxylic acids is 1. The highest BCUT2D eigenvalue weighted by atomic mass is 19.4. The Morgan fingerprint density at radius 3 is 2.67 bits per heavy atom. The van der Waals surface area contributed by atoms with Crippen LogP contribution in [0.25, 0.3) is 0 Å². The summed E-state index contributed by atoms with van der Waals surface area (Å²) in [6.45, 7) is 0. The van der Waals surface area contributed by atoms with Gasteiger partial charge in [0.25, 0.3) is 0 Å². The van der Waals surface area contributed by atoms with Crippen LogP contribution in [0.5, 0.6) is 0 Å². The molecule has 0 spiro atoms. The van der Waals surface area contributed by atoms with E-state index in [0.29, 0.717) is 19.3 Å². The van der Waals surface area contributed by atoms with E-state index in [9.17, 15) is 18.0 Å². The number of nitriles is 1. The maximum absolute atomic E-state index is 12.6. The van der Waals surface area contributed by atoms with Crippen LogP contribution in [0.15, 0.2) is 12.1 Å². The quantitative estimate of drug-likeness (QED) is 0.896. The van der Waals surface area contributed by atoms with Crippen molar-refractivity contribution in [1.82, 2.24) is 4.98 Å². The number of hydrogen-bond acceptors (Lipinski definition) is 4. The predicted molar refractivity (Wildman–Crippen MR) is 66.3 cm³/mol. The molecule has 1 aliphatic rings. The average molecular weight is 299 g/mol. The summed E-state index contributed by atoms with van der Waals surface area (Å²) >= 11 is 0. The van der Waals surface area contributed by atoms with Gasteiger partial charge in [-0.2, -0.15) is 18.4 Å². The Morgan fingerprint density at radius 1 is 1.43 bits per heavy atom. The molecule has 8 heteroatoms. The average Bonchev–Trinajstić information content (AvgIpc) is 2.86. The summed E-state index contributed by atoms with van der Waals surface area (Å²) in [4.78, 5) is 14.3. The van der Waals surface area contributed by atoms with E-state index in [1.54, 1.807) is 6.07 Å². The number of pyridine rings is 1. The van der Waals surface area contributed by atoms with Gasteiger partial charge in [0.15, 0.2) is 0 Å².